The van der Waals surface area contributed by atoms with Crippen molar-refractivity contribution in [3.05, 3.63) is 53.8 Å². The zero-order chi connectivity index (χ0) is 22.2. The second kappa shape index (κ2) is 8.39. The van der Waals surface area contributed by atoms with Gasteiger partial charge < -0.3 is 10.2 Å². The molecule has 9 heteroatoms. The van der Waals surface area contributed by atoms with E-state index in [1.807, 2.05) is 6.92 Å². The Labute approximate surface area is 180 Å². The molecule has 2 aromatic rings. The maximum Gasteiger partial charge on any atom is 0.240 e. The molecule has 1 atom stereocenters. The zero-order valence-corrected chi connectivity index (χ0v) is 17.9. The molecule has 164 valence electrons. The Morgan fingerprint density at radius 2 is 1.84 bits per heavy atom. The molecule has 4 rings (SSSR count). The van der Waals surface area contributed by atoms with Crippen molar-refractivity contribution in [3.63, 3.8) is 0 Å². The molecule has 0 bridgehead atoms. The van der Waals surface area contributed by atoms with Gasteiger partial charge >= 0.3 is 0 Å². The number of anilines is 2. The van der Waals surface area contributed by atoms with Gasteiger partial charge in [-0.3, -0.25) is 9.59 Å². The highest BCUT2D eigenvalue weighted by atomic mass is 32.2. The smallest absolute Gasteiger partial charge is 0.240 e. The predicted molar refractivity (Wildman–Crippen MR) is 115 cm³/mol. The molecule has 2 amide bonds. The molecule has 0 unspecified atom stereocenters. The van der Waals surface area contributed by atoms with E-state index in [1.165, 1.54) is 30.3 Å². The first kappa shape index (κ1) is 21.5. The van der Waals surface area contributed by atoms with Crippen LogP contribution in [0.15, 0.2) is 47.4 Å². The second-order valence-corrected chi connectivity index (χ2v) is 9.80. The summed E-state index contributed by atoms with van der Waals surface area (Å²) in [6, 6.07) is 10.1. The largest absolute Gasteiger partial charge is 0.326 e. The van der Waals surface area contributed by atoms with E-state index in [1.54, 1.807) is 17.0 Å². The lowest BCUT2D eigenvalue weighted by Gasteiger charge is -2.22. The Kier molecular flexibility index (Phi) is 5.81. The van der Waals surface area contributed by atoms with Gasteiger partial charge in [0.25, 0.3) is 0 Å². The first-order chi connectivity index (χ1) is 14.7. The molecule has 7 nitrogen and oxygen atoms in total. The number of nitrogens with zero attached hydrogens (tertiary/aromatic N) is 1. The molecule has 31 heavy (non-hydrogen) atoms. The normalized spacial score (nSPS) is 18.0. The zero-order valence-electron chi connectivity index (χ0n) is 17.1. The van der Waals surface area contributed by atoms with Gasteiger partial charge in [-0.25, -0.2) is 17.5 Å². The van der Waals surface area contributed by atoms with E-state index < -0.39 is 15.8 Å². The molecular weight excluding hydrogens is 421 g/mol. The molecule has 2 aromatic carbocycles. The van der Waals surface area contributed by atoms with Crippen molar-refractivity contribution >= 4 is 33.2 Å². The van der Waals surface area contributed by atoms with Crippen LogP contribution in [0, 0.1) is 11.7 Å². The number of nitrogens with one attached hydrogen (secondary N) is 2. The highest BCUT2D eigenvalue weighted by Gasteiger charge is 2.39. The SMILES string of the molecule is C[C@@H]1Cc2cc(S(=O)(=O)NCCC(=O)Nc3ccc(F)cc3)ccc2N1C(=O)C1CC1. The summed E-state index contributed by atoms with van der Waals surface area (Å²) in [5.74, 6) is -0.576. The van der Waals surface area contributed by atoms with Gasteiger partial charge in [0.2, 0.25) is 21.8 Å². The summed E-state index contributed by atoms with van der Waals surface area (Å²) in [6.07, 6.45) is 2.38. The lowest BCUT2D eigenvalue weighted by Crippen LogP contribution is -2.36. The number of benzene rings is 2. The topological polar surface area (TPSA) is 95.6 Å². The van der Waals surface area contributed by atoms with Gasteiger partial charge in [0.05, 0.1) is 4.90 Å². The molecule has 1 aliphatic heterocycles. The number of carbonyl (C=O) groups excluding carboxylic acids is 2. The maximum absolute atomic E-state index is 12.9. The molecule has 1 heterocycles. The van der Waals surface area contributed by atoms with Gasteiger partial charge in [-0.15, -0.1) is 0 Å². The molecule has 0 radical (unpaired) electrons. The lowest BCUT2D eigenvalue weighted by atomic mass is 10.1. The van der Waals surface area contributed by atoms with Crippen LogP contribution in [0.25, 0.3) is 0 Å². The van der Waals surface area contributed by atoms with Gasteiger partial charge in [-0.2, -0.15) is 0 Å². The minimum atomic E-state index is -3.80. The molecule has 1 saturated carbocycles. The number of amides is 2. The molecule has 2 aliphatic rings. The van der Waals surface area contributed by atoms with Crippen molar-refractivity contribution in [2.24, 2.45) is 5.92 Å². The number of halogens is 1. The fraction of sp³-hybridized carbons (Fsp3) is 0.364. The van der Waals surface area contributed by atoms with Crippen LogP contribution in [-0.2, 0) is 26.0 Å². The third kappa shape index (κ3) is 4.77. The Morgan fingerprint density at radius 1 is 1.13 bits per heavy atom. The number of carbonyl (C=O) groups is 2. The standard InChI is InChI=1S/C22H24FN3O4S/c1-14-12-16-13-19(8-9-20(16)26(14)22(28)15-2-3-15)31(29,30)24-11-10-21(27)25-18-6-4-17(23)5-7-18/h4-9,13-15,24H,2-3,10-12H2,1H3,(H,25,27)/t14-/m1/s1. The summed E-state index contributed by atoms with van der Waals surface area (Å²) >= 11 is 0. The highest BCUT2D eigenvalue weighted by Crippen LogP contribution is 2.39. The van der Waals surface area contributed by atoms with Crippen molar-refractivity contribution in [1.82, 2.24) is 4.72 Å². The quantitative estimate of drug-likeness (QED) is 0.685. The molecule has 1 aliphatic carbocycles. The van der Waals surface area contributed by atoms with Gasteiger partial charge in [0.1, 0.15) is 5.82 Å². The van der Waals surface area contributed by atoms with Crippen molar-refractivity contribution in [3.8, 4) is 0 Å². The van der Waals surface area contributed by atoms with Crippen molar-refractivity contribution < 1.29 is 22.4 Å². The van der Waals surface area contributed by atoms with Crippen LogP contribution >= 0.6 is 0 Å². The fourth-order valence-corrected chi connectivity index (χ4v) is 4.86. The summed E-state index contributed by atoms with van der Waals surface area (Å²) in [7, 11) is -3.80. The average molecular weight is 446 g/mol. The Balaban J connectivity index is 1.37. The monoisotopic (exact) mass is 445 g/mol. The number of rotatable bonds is 7. The number of fused-ring (bicyclic) bond motifs is 1. The summed E-state index contributed by atoms with van der Waals surface area (Å²) < 4.78 is 40.7. The van der Waals surface area contributed by atoms with E-state index in [0.29, 0.717) is 12.1 Å². The fourth-order valence-electron chi connectivity index (χ4n) is 3.78. The van der Waals surface area contributed by atoms with Gasteiger partial charge in [-0.05, 0) is 74.2 Å². The van der Waals surface area contributed by atoms with E-state index in [9.17, 15) is 22.4 Å². The van der Waals surface area contributed by atoms with Gasteiger partial charge in [0, 0.05) is 36.3 Å². The van der Waals surface area contributed by atoms with Crippen LogP contribution in [0.4, 0.5) is 15.8 Å². The van der Waals surface area contributed by atoms with Crippen LogP contribution in [0.2, 0.25) is 0 Å². The number of hydrogen-bond donors (Lipinski definition) is 2. The minimum absolute atomic E-state index is 0.00386. The van der Waals surface area contributed by atoms with Gasteiger partial charge in [0.15, 0.2) is 0 Å². The summed E-state index contributed by atoms with van der Waals surface area (Å²) in [4.78, 5) is 26.4. The van der Waals surface area contributed by atoms with Gasteiger partial charge in [-0.1, -0.05) is 0 Å². The Bertz CT molecular complexity index is 1110. The van der Waals surface area contributed by atoms with Crippen molar-refractivity contribution in [1.29, 1.82) is 0 Å². The van der Waals surface area contributed by atoms with Crippen molar-refractivity contribution in [2.75, 3.05) is 16.8 Å². The van der Waals surface area contributed by atoms with Crippen molar-refractivity contribution in [2.45, 2.75) is 43.5 Å². The van der Waals surface area contributed by atoms with Crippen LogP contribution in [0.5, 0.6) is 0 Å². The van der Waals surface area contributed by atoms with E-state index in [2.05, 4.69) is 10.0 Å². The summed E-state index contributed by atoms with van der Waals surface area (Å²) in [5, 5.41) is 2.59. The third-order valence-corrected chi connectivity index (χ3v) is 6.97. The van der Waals surface area contributed by atoms with Crippen LogP contribution < -0.4 is 14.9 Å². The maximum atomic E-state index is 12.9. The van der Waals surface area contributed by atoms with E-state index >= 15 is 0 Å². The van der Waals surface area contributed by atoms with E-state index in [0.717, 1.165) is 24.1 Å². The minimum Gasteiger partial charge on any atom is -0.326 e. The number of hydrogen-bond acceptors (Lipinski definition) is 4. The van der Waals surface area contributed by atoms with Crippen LogP contribution in [-0.4, -0.2) is 32.8 Å². The summed E-state index contributed by atoms with van der Waals surface area (Å²) in [6.45, 7) is 1.89. The molecule has 0 spiro atoms. The Morgan fingerprint density at radius 3 is 2.52 bits per heavy atom. The van der Waals surface area contributed by atoms with E-state index in [-0.39, 0.29) is 41.6 Å². The molecular formula is C22H24FN3O4S. The first-order valence-corrected chi connectivity index (χ1v) is 11.7. The van der Waals surface area contributed by atoms with Crippen LogP contribution in [0.1, 0.15) is 31.7 Å². The molecule has 2 N–H and O–H groups in total. The Hall–Kier alpha value is -2.78. The van der Waals surface area contributed by atoms with E-state index in [4.69, 9.17) is 0 Å². The third-order valence-electron chi connectivity index (χ3n) is 5.51. The predicted octanol–water partition coefficient (Wildman–Crippen LogP) is 2.82. The number of sulfonamides is 1. The average Bonchev–Trinajstić information content (AvgIpc) is 3.51. The summed E-state index contributed by atoms with van der Waals surface area (Å²) in [5.41, 5.74) is 2.05. The second-order valence-electron chi connectivity index (χ2n) is 8.03. The van der Waals surface area contributed by atoms with Crippen LogP contribution in [0.3, 0.4) is 0 Å². The first-order valence-electron chi connectivity index (χ1n) is 10.3. The molecule has 0 aromatic heterocycles. The lowest BCUT2D eigenvalue weighted by molar-refractivity contribution is -0.120. The molecule has 1 fully saturated rings. The highest BCUT2D eigenvalue weighted by molar-refractivity contribution is 7.89. The molecule has 0 saturated heterocycles.